The number of nitrogens with zero attached hydrogens (tertiary/aromatic N) is 1. The van der Waals surface area contributed by atoms with Crippen molar-refractivity contribution in [3.63, 3.8) is 0 Å². The van der Waals surface area contributed by atoms with Gasteiger partial charge in [0.05, 0.1) is 0 Å². The molecule has 0 spiro atoms. The van der Waals surface area contributed by atoms with E-state index < -0.39 is 5.97 Å². The minimum Gasteiger partial charge on any atom is -0.488 e. The number of carbonyl (C=O) groups is 2. The molecule has 0 saturated carbocycles. The van der Waals surface area contributed by atoms with Gasteiger partial charge in [-0.15, -0.1) is 0 Å². The average molecular weight is 426 g/mol. The Balaban J connectivity index is 1.54. The van der Waals surface area contributed by atoms with Crippen molar-refractivity contribution in [3.8, 4) is 5.75 Å². The maximum atomic E-state index is 12.4. The molecule has 1 aliphatic heterocycles. The van der Waals surface area contributed by atoms with Crippen LogP contribution in [0, 0.1) is 6.92 Å². The Morgan fingerprint density at radius 2 is 1.84 bits per heavy atom. The summed E-state index contributed by atoms with van der Waals surface area (Å²) in [7, 11) is 0. The van der Waals surface area contributed by atoms with Gasteiger partial charge in [-0.2, -0.15) is 0 Å². The molecule has 0 bridgehead atoms. The molecule has 0 aromatic heterocycles. The first kappa shape index (κ1) is 21.1. The van der Waals surface area contributed by atoms with Crippen LogP contribution in [0.5, 0.6) is 5.75 Å². The molecular weight excluding hydrogens is 404 g/mol. The molecule has 32 heavy (non-hydrogen) atoms. The SMILES string of the molecule is CC(=O)Nc1ccc(C2=N/C(=C\c3ccccc3OCc3cccc(C)c3)C(=O)O2)cc1. The molecule has 6 heteroatoms. The van der Waals surface area contributed by atoms with Gasteiger partial charge in [-0.1, -0.05) is 48.0 Å². The molecule has 0 unspecified atom stereocenters. The fourth-order valence-corrected chi connectivity index (χ4v) is 3.27. The van der Waals surface area contributed by atoms with E-state index in [9.17, 15) is 9.59 Å². The summed E-state index contributed by atoms with van der Waals surface area (Å²) in [4.78, 5) is 27.9. The lowest BCUT2D eigenvalue weighted by molar-refractivity contribution is -0.129. The van der Waals surface area contributed by atoms with Gasteiger partial charge in [0.2, 0.25) is 11.8 Å². The summed E-state index contributed by atoms with van der Waals surface area (Å²) >= 11 is 0. The summed E-state index contributed by atoms with van der Waals surface area (Å²) in [5.74, 6) is 0.182. The third-order valence-electron chi connectivity index (χ3n) is 4.76. The molecule has 1 aliphatic rings. The lowest BCUT2D eigenvalue weighted by Crippen LogP contribution is -2.07. The van der Waals surface area contributed by atoms with E-state index >= 15 is 0 Å². The first-order chi connectivity index (χ1) is 15.5. The number of para-hydroxylation sites is 1. The number of ether oxygens (including phenoxy) is 2. The van der Waals surface area contributed by atoms with Gasteiger partial charge in [0, 0.05) is 23.7 Å². The maximum absolute atomic E-state index is 12.4. The van der Waals surface area contributed by atoms with Gasteiger partial charge < -0.3 is 14.8 Å². The van der Waals surface area contributed by atoms with Crippen LogP contribution in [-0.4, -0.2) is 17.8 Å². The van der Waals surface area contributed by atoms with Crippen LogP contribution in [0.3, 0.4) is 0 Å². The van der Waals surface area contributed by atoms with Crippen molar-refractivity contribution >= 4 is 29.5 Å². The van der Waals surface area contributed by atoms with Crippen LogP contribution in [-0.2, 0) is 20.9 Å². The summed E-state index contributed by atoms with van der Waals surface area (Å²) in [5, 5.41) is 2.69. The molecule has 0 atom stereocenters. The number of rotatable bonds is 6. The zero-order valence-corrected chi connectivity index (χ0v) is 17.8. The van der Waals surface area contributed by atoms with Crippen LogP contribution in [0.2, 0.25) is 0 Å². The normalized spacial score (nSPS) is 14.1. The van der Waals surface area contributed by atoms with Crippen LogP contribution < -0.4 is 10.1 Å². The molecule has 0 fully saturated rings. The van der Waals surface area contributed by atoms with E-state index in [1.54, 1.807) is 30.3 Å². The van der Waals surface area contributed by atoms with E-state index in [1.165, 1.54) is 12.5 Å². The minimum absolute atomic E-state index is 0.157. The lowest BCUT2D eigenvalue weighted by Gasteiger charge is -2.09. The standard InChI is InChI=1S/C26H22N2O4/c1-17-6-5-7-19(14-17)16-31-24-9-4-3-8-21(24)15-23-26(30)32-25(28-23)20-10-12-22(13-11-20)27-18(2)29/h3-15H,16H2,1-2H3,(H,27,29)/b23-15-. The molecule has 0 radical (unpaired) electrons. The summed E-state index contributed by atoms with van der Waals surface area (Å²) in [6.45, 7) is 3.90. The van der Waals surface area contributed by atoms with Gasteiger partial charge in [-0.25, -0.2) is 9.79 Å². The first-order valence-corrected chi connectivity index (χ1v) is 10.2. The van der Waals surface area contributed by atoms with Crippen molar-refractivity contribution in [2.75, 3.05) is 5.32 Å². The Kier molecular flexibility index (Phi) is 6.12. The smallest absolute Gasteiger partial charge is 0.363 e. The number of hydrogen-bond acceptors (Lipinski definition) is 5. The highest BCUT2D eigenvalue weighted by atomic mass is 16.6. The zero-order valence-electron chi connectivity index (χ0n) is 17.8. The third-order valence-corrected chi connectivity index (χ3v) is 4.76. The van der Waals surface area contributed by atoms with Crippen LogP contribution in [0.25, 0.3) is 6.08 Å². The molecular formula is C26H22N2O4. The number of anilines is 1. The highest BCUT2D eigenvalue weighted by Crippen LogP contribution is 2.26. The fourth-order valence-electron chi connectivity index (χ4n) is 3.27. The number of esters is 1. The highest BCUT2D eigenvalue weighted by Gasteiger charge is 2.24. The molecule has 4 rings (SSSR count). The Bertz CT molecular complexity index is 1230. The van der Waals surface area contributed by atoms with Crippen LogP contribution >= 0.6 is 0 Å². The molecule has 1 N–H and O–H groups in total. The van der Waals surface area contributed by atoms with Crippen molar-refractivity contribution in [1.29, 1.82) is 0 Å². The van der Waals surface area contributed by atoms with Gasteiger partial charge in [-0.05, 0) is 48.9 Å². The Morgan fingerprint density at radius 3 is 2.59 bits per heavy atom. The number of aliphatic imine (C=N–C) groups is 1. The largest absolute Gasteiger partial charge is 0.488 e. The fraction of sp³-hybridized carbons (Fsp3) is 0.115. The van der Waals surface area contributed by atoms with Gasteiger partial charge in [-0.3, -0.25) is 4.79 Å². The molecule has 1 heterocycles. The Hall–Kier alpha value is -4.19. The predicted octanol–water partition coefficient (Wildman–Crippen LogP) is 4.88. The number of nitrogens with one attached hydrogen (secondary N) is 1. The molecule has 0 saturated heterocycles. The van der Waals surface area contributed by atoms with Crippen LogP contribution in [0.4, 0.5) is 5.69 Å². The van der Waals surface area contributed by atoms with E-state index in [0.717, 1.165) is 11.1 Å². The summed E-state index contributed by atoms with van der Waals surface area (Å²) in [6.07, 6.45) is 1.66. The van der Waals surface area contributed by atoms with E-state index in [0.29, 0.717) is 23.6 Å². The van der Waals surface area contributed by atoms with Crippen LogP contribution in [0.1, 0.15) is 29.2 Å². The number of benzene rings is 3. The molecule has 1 amide bonds. The molecule has 6 nitrogen and oxygen atoms in total. The third kappa shape index (κ3) is 5.10. The van der Waals surface area contributed by atoms with Crippen molar-refractivity contribution in [2.24, 2.45) is 4.99 Å². The second-order valence-corrected chi connectivity index (χ2v) is 7.41. The maximum Gasteiger partial charge on any atom is 0.363 e. The summed E-state index contributed by atoms with van der Waals surface area (Å²) in [5.41, 5.74) is 4.45. The Morgan fingerprint density at radius 1 is 1.06 bits per heavy atom. The monoisotopic (exact) mass is 426 g/mol. The van der Waals surface area contributed by atoms with E-state index in [4.69, 9.17) is 9.47 Å². The van der Waals surface area contributed by atoms with Gasteiger partial charge in [0.25, 0.3) is 0 Å². The number of amides is 1. The summed E-state index contributed by atoms with van der Waals surface area (Å²) < 4.78 is 11.4. The van der Waals surface area contributed by atoms with Crippen molar-refractivity contribution in [2.45, 2.75) is 20.5 Å². The van der Waals surface area contributed by atoms with Crippen molar-refractivity contribution < 1.29 is 19.1 Å². The van der Waals surface area contributed by atoms with Gasteiger partial charge >= 0.3 is 5.97 Å². The first-order valence-electron chi connectivity index (χ1n) is 10.2. The van der Waals surface area contributed by atoms with E-state index in [1.807, 2.05) is 49.4 Å². The number of hydrogen-bond donors (Lipinski definition) is 1. The lowest BCUT2D eigenvalue weighted by atomic mass is 10.1. The number of aryl methyl sites for hydroxylation is 1. The highest BCUT2D eigenvalue weighted by molar-refractivity contribution is 6.13. The molecule has 3 aromatic carbocycles. The molecule has 160 valence electrons. The predicted molar refractivity (Wildman–Crippen MR) is 123 cm³/mol. The zero-order chi connectivity index (χ0) is 22.5. The molecule has 0 aliphatic carbocycles. The summed E-state index contributed by atoms with van der Waals surface area (Å²) in [6, 6.07) is 22.5. The second kappa shape index (κ2) is 9.31. The average Bonchev–Trinajstić information content (AvgIpc) is 3.13. The minimum atomic E-state index is -0.528. The van der Waals surface area contributed by atoms with Crippen molar-refractivity contribution in [3.05, 3.63) is 101 Å². The topological polar surface area (TPSA) is 77.0 Å². The van der Waals surface area contributed by atoms with Crippen LogP contribution in [0.15, 0.2) is 83.5 Å². The van der Waals surface area contributed by atoms with Crippen molar-refractivity contribution in [1.82, 2.24) is 0 Å². The number of carbonyl (C=O) groups excluding carboxylic acids is 2. The second-order valence-electron chi connectivity index (χ2n) is 7.41. The van der Waals surface area contributed by atoms with Gasteiger partial charge in [0.15, 0.2) is 5.70 Å². The quantitative estimate of drug-likeness (QED) is 0.450. The Labute approximate surface area is 186 Å². The van der Waals surface area contributed by atoms with E-state index in [-0.39, 0.29) is 17.5 Å². The number of cyclic esters (lactones) is 1. The van der Waals surface area contributed by atoms with E-state index in [2.05, 4.69) is 16.4 Å². The van der Waals surface area contributed by atoms with Gasteiger partial charge in [0.1, 0.15) is 12.4 Å². The molecule has 3 aromatic rings.